The summed E-state index contributed by atoms with van der Waals surface area (Å²) in [5.41, 5.74) is 1.80. The number of nitrogens with zero attached hydrogens (tertiary/aromatic N) is 2. The number of anilines is 1. The van der Waals surface area contributed by atoms with Gasteiger partial charge in [-0.15, -0.1) is 0 Å². The number of carboxylic acids is 1. The molecule has 2 rings (SSSR count). The van der Waals surface area contributed by atoms with Crippen molar-refractivity contribution in [2.75, 3.05) is 5.32 Å². The first kappa shape index (κ1) is 11.6. The molecule has 0 radical (unpaired) electrons. The molecule has 0 fully saturated rings. The summed E-state index contributed by atoms with van der Waals surface area (Å²) in [5, 5.41) is 12.0. The summed E-state index contributed by atoms with van der Waals surface area (Å²) in [6, 6.07) is 1.90. The van der Waals surface area contributed by atoms with E-state index in [1.807, 2.05) is 26.0 Å². The monoisotopic (exact) mass is 233 g/mol. The van der Waals surface area contributed by atoms with Crippen LogP contribution in [-0.4, -0.2) is 27.1 Å². The molecule has 5 nitrogen and oxygen atoms in total. The SMILES string of the molecule is Cc1cc(C)nc(NC2C=CC(C(=O)O)C2)n1. The van der Waals surface area contributed by atoms with Crippen molar-refractivity contribution in [3.05, 3.63) is 29.6 Å². The standard InChI is InChI=1S/C12H15N3O2/c1-7-5-8(2)14-12(13-7)15-10-4-3-9(6-10)11(16)17/h3-5,9-10H,6H2,1-2H3,(H,16,17)(H,13,14,15). The van der Waals surface area contributed by atoms with Gasteiger partial charge in [0.1, 0.15) is 0 Å². The largest absolute Gasteiger partial charge is 0.481 e. The zero-order valence-electron chi connectivity index (χ0n) is 9.84. The third-order valence-corrected chi connectivity index (χ3v) is 2.70. The lowest BCUT2D eigenvalue weighted by atomic mass is 10.1. The van der Waals surface area contributed by atoms with Gasteiger partial charge in [0.15, 0.2) is 0 Å². The lowest BCUT2D eigenvalue weighted by Crippen LogP contribution is -2.20. The molecule has 1 heterocycles. The predicted molar refractivity (Wildman–Crippen MR) is 63.8 cm³/mol. The van der Waals surface area contributed by atoms with Crippen LogP contribution in [0.4, 0.5) is 5.95 Å². The van der Waals surface area contributed by atoms with Gasteiger partial charge in [-0.2, -0.15) is 0 Å². The van der Waals surface area contributed by atoms with Gasteiger partial charge in [0.25, 0.3) is 0 Å². The highest BCUT2D eigenvalue weighted by atomic mass is 16.4. The quantitative estimate of drug-likeness (QED) is 0.774. The average molecular weight is 233 g/mol. The Morgan fingerprint density at radius 3 is 2.53 bits per heavy atom. The molecule has 0 aliphatic heterocycles. The highest BCUT2D eigenvalue weighted by Gasteiger charge is 2.24. The molecule has 0 bridgehead atoms. The van der Waals surface area contributed by atoms with Crippen LogP contribution in [0, 0.1) is 19.8 Å². The van der Waals surface area contributed by atoms with Crippen molar-refractivity contribution in [2.24, 2.45) is 5.92 Å². The minimum Gasteiger partial charge on any atom is -0.481 e. The van der Waals surface area contributed by atoms with Crippen molar-refractivity contribution in [3.63, 3.8) is 0 Å². The van der Waals surface area contributed by atoms with E-state index in [4.69, 9.17) is 5.11 Å². The van der Waals surface area contributed by atoms with Crippen molar-refractivity contribution in [1.29, 1.82) is 0 Å². The molecule has 1 aliphatic rings. The van der Waals surface area contributed by atoms with Crippen molar-refractivity contribution >= 4 is 11.9 Å². The Labute approximate surface area is 99.6 Å². The van der Waals surface area contributed by atoms with Gasteiger partial charge in [0.05, 0.1) is 5.92 Å². The molecule has 0 saturated heterocycles. The van der Waals surface area contributed by atoms with E-state index in [1.165, 1.54) is 0 Å². The fourth-order valence-corrected chi connectivity index (χ4v) is 1.95. The normalized spacial score (nSPS) is 22.7. The second-order valence-corrected chi connectivity index (χ2v) is 4.29. The molecule has 2 atom stereocenters. The number of carbonyl (C=O) groups is 1. The summed E-state index contributed by atoms with van der Waals surface area (Å²) in [5.74, 6) is -0.631. The summed E-state index contributed by atoms with van der Waals surface area (Å²) in [6.07, 6.45) is 4.12. The number of rotatable bonds is 3. The molecule has 1 aromatic heterocycles. The first-order chi connectivity index (χ1) is 8.04. The Balaban J connectivity index is 2.03. The van der Waals surface area contributed by atoms with Crippen LogP contribution in [-0.2, 0) is 4.79 Å². The third-order valence-electron chi connectivity index (χ3n) is 2.70. The summed E-state index contributed by atoms with van der Waals surface area (Å²) < 4.78 is 0. The van der Waals surface area contributed by atoms with E-state index in [0.29, 0.717) is 12.4 Å². The molecule has 1 aromatic rings. The van der Waals surface area contributed by atoms with Gasteiger partial charge in [-0.1, -0.05) is 12.2 Å². The Morgan fingerprint density at radius 1 is 1.35 bits per heavy atom. The van der Waals surface area contributed by atoms with E-state index in [2.05, 4.69) is 15.3 Å². The van der Waals surface area contributed by atoms with Crippen LogP contribution in [0.1, 0.15) is 17.8 Å². The van der Waals surface area contributed by atoms with Crippen LogP contribution in [0.3, 0.4) is 0 Å². The zero-order chi connectivity index (χ0) is 12.4. The van der Waals surface area contributed by atoms with Crippen molar-refractivity contribution in [1.82, 2.24) is 9.97 Å². The summed E-state index contributed by atoms with van der Waals surface area (Å²) >= 11 is 0. The second kappa shape index (κ2) is 4.53. The van der Waals surface area contributed by atoms with E-state index in [9.17, 15) is 4.79 Å². The van der Waals surface area contributed by atoms with Gasteiger partial charge < -0.3 is 10.4 Å². The molecule has 0 saturated carbocycles. The number of hydrogen-bond donors (Lipinski definition) is 2. The third kappa shape index (κ3) is 2.81. The van der Waals surface area contributed by atoms with Gasteiger partial charge >= 0.3 is 5.97 Å². The average Bonchev–Trinajstić information content (AvgIpc) is 2.64. The number of hydrogen-bond acceptors (Lipinski definition) is 4. The zero-order valence-corrected chi connectivity index (χ0v) is 9.84. The molecule has 90 valence electrons. The Kier molecular flexibility index (Phi) is 3.08. The Bertz CT molecular complexity index is 451. The highest BCUT2D eigenvalue weighted by molar-refractivity contribution is 5.73. The fourth-order valence-electron chi connectivity index (χ4n) is 1.95. The lowest BCUT2D eigenvalue weighted by Gasteiger charge is -2.12. The maximum atomic E-state index is 10.8. The van der Waals surface area contributed by atoms with E-state index < -0.39 is 11.9 Å². The van der Waals surface area contributed by atoms with Crippen molar-refractivity contribution < 1.29 is 9.90 Å². The molecule has 2 unspecified atom stereocenters. The fraction of sp³-hybridized carbons (Fsp3) is 0.417. The van der Waals surface area contributed by atoms with Gasteiger partial charge in [-0.25, -0.2) is 9.97 Å². The number of nitrogens with one attached hydrogen (secondary N) is 1. The lowest BCUT2D eigenvalue weighted by molar-refractivity contribution is -0.140. The molecule has 5 heteroatoms. The van der Waals surface area contributed by atoms with Crippen LogP contribution in [0.15, 0.2) is 18.2 Å². The molecule has 0 aromatic carbocycles. The number of aliphatic carboxylic acids is 1. The summed E-state index contributed by atoms with van der Waals surface area (Å²) in [6.45, 7) is 3.81. The molecule has 0 amide bonds. The van der Waals surface area contributed by atoms with E-state index in [-0.39, 0.29) is 6.04 Å². The van der Waals surface area contributed by atoms with Gasteiger partial charge in [-0.05, 0) is 26.3 Å². The van der Waals surface area contributed by atoms with Gasteiger partial charge in [0.2, 0.25) is 5.95 Å². The number of aryl methyl sites for hydroxylation is 2. The Hall–Kier alpha value is -1.91. The van der Waals surface area contributed by atoms with Crippen LogP contribution >= 0.6 is 0 Å². The maximum Gasteiger partial charge on any atom is 0.310 e. The smallest absolute Gasteiger partial charge is 0.310 e. The van der Waals surface area contributed by atoms with E-state index >= 15 is 0 Å². The molecular weight excluding hydrogens is 218 g/mol. The second-order valence-electron chi connectivity index (χ2n) is 4.29. The van der Waals surface area contributed by atoms with E-state index in [1.54, 1.807) is 6.08 Å². The van der Waals surface area contributed by atoms with Crippen LogP contribution < -0.4 is 5.32 Å². The summed E-state index contributed by atoms with van der Waals surface area (Å²) in [4.78, 5) is 19.3. The molecule has 1 aliphatic carbocycles. The Morgan fingerprint density at radius 2 is 2.00 bits per heavy atom. The molecular formula is C12H15N3O2. The first-order valence-electron chi connectivity index (χ1n) is 5.54. The highest BCUT2D eigenvalue weighted by Crippen LogP contribution is 2.20. The van der Waals surface area contributed by atoms with Gasteiger partial charge in [-0.3, -0.25) is 4.79 Å². The number of carboxylic acid groups (broad SMARTS) is 1. The predicted octanol–water partition coefficient (Wildman–Crippen LogP) is 1.53. The maximum absolute atomic E-state index is 10.8. The van der Waals surface area contributed by atoms with Crippen molar-refractivity contribution in [2.45, 2.75) is 26.3 Å². The van der Waals surface area contributed by atoms with E-state index in [0.717, 1.165) is 11.4 Å². The van der Waals surface area contributed by atoms with Crippen LogP contribution in [0.25, 0.3) is 0 Å². The van der Waals surface area contributed by atoms with Crippen molar-refractivity contribution in [3.8, 4) is 0 Å². The molecule has 2 N–H and O–H groups in total. The topological polar surface area (TPSA) is 75.1 Å². The first-order valence-corrected chi connectivity index (χ1v) is 5.54. The molecule has 0 spiro atoms. The van der Waals surface area contributed by atoms with Gasteiger partial charge in [0, 0.05) is 17.4 Å². The summed E-state index contributed by atoms with van der Waals surface area (Å²) in [7, 11) is 0. The minimum absolute atomic E-state index is 0.00250. The number of aromatic nitrogens is 2. The minimum atomic E-state index is -0.785. The van der Waals surface area contributed by atoms with Crippen LogP contribution in [0.5, 0.6) is 0 Å². The van der Waals surface area contributed by atoms with Crippen LogP contribution in [0.2, 0.25) is 0 Å². The molecule has 17 heavy (non-hydrogen) atoms.